The minimum absolute atomic E-state index is 0.0183. The lowest BCUT2D eigenvalue weighted by molar-refractivity contribution is -0.121. The smallest absolute Gasteiger partial charge is 0.253 e. The quantitative estimate of drug-likeness (QED) is 0.683. The summed E-state index contributed by atoms with van der Waals surface area (Å²) in [6.07, 6.45) is 3.42. The first-order chi connectivity index (χ1) is 14.5. The van der Waals surface area contributed by atoms with Crippen LogP contribution in [0.15, 0.2) is 33.9 Å². The number of nitrogens with one attached hydrogen (secondary N) is 2. The standard InChI is InChI=1S/C22H26ClN3O4/c23-16-2-1-3-17(12-16)25-22(29)15-6-4-14(5-7-15)13-24-18-19(21(28)20(18)27)26-8-10-30-11-9-26/h1-3,12,14-15,24H,4-11,13H2,(H,25,29). The van der Waals surface area contributed by atoms with Gasteiger partial charge >= 0.3 is 0 Å². The summed E-state index contributed by atoms with van der Waals surface area (Å²) in [5.41, 5.74) is 0.847. The van der Waals surface area contributed by atoms with E-state index in [9.17, 15) is 14.4 Å². The van der Waals surface area contributed by atoms with E-state index in [2.05, 4.69) is 10.6 Å². The zero-order valence-electron chi connectivity index (χ0n) is 16.8. The molecule has 1 aliphatic carbocycles. The van der Waals surface area contributed by atoms with Crippen molar-refractivity contribution in [2.75, 3.05) is 48.4 Å². The summed E-state index contributed by atoms with van der Waals surface area (Å²) in [6.45, 7) is 3.04. The molecule has 1 heterocycles. The van der Waals surface area contributed by atoms with Crippen LogP contribution in [0, 0.1) is 11.8 Å². The Morgan fingerprint density at radius 1 is 1.10 bits per heavy atom. The maximum absolute atomic E-state index is 12.5. The van der Waals surface area contributed by atoms with E-state index in [4.69, 9.17) is 16.3 Å². The molecule has 1 amide bonds. The number of anilines is 3. The minimum Gasteiger partial charge on any atom is -0.380 e. The Bertz CT molecular complexity index is 971. The number of carbonyl (C=O) groups is 1. The molecule has 0 unspecified atom stereocenters. The Labute approximate surface area is 180 Å². The number of hydrogen-bond donors (Lipinski definition) is 2. The summed E-state index contributed by atoms with van der Waals surface area (Å²) in [5, 5.41) is 6.76. The molecule has 0 bridgehead atoms. The molecule has 1 saturated heterocycles. The van der Waals surface area contributed by atoms with Gasteiger partial charge in [0.2, 0.25) is 5.91 Å². The highest BCUT2D eigenvalue weighted by Gasteiger charge is 2.29. The summed E-state index contributed by atoms with van der Waals surface area (Å²) in [7, 11) is 0. The molecule has 2 aromatic carbocycles. The van der Waals surface area contributed by atoms with E-state index in [0.29, 0.717) is 60.9 Å². The van der Waals surface area contributed by atoms with Gasteiger partial charge in [0.25, 0.3) is 10.9 Å². The van der Waals surface area contributed by atoms with E-state index >= 15 is 0 Å². The molecule has 2 fully saturated rings. The van der Waals surface area contributed by atoms with Crippen LogP contribution < -0.4 is 26.4 Å². The third-order valence-electron chi connectivity index (χ3n) is 6.09. The van der Waals surface area contributed by atoms with Gasteiger partial charge in [0.1, 0.15) is 11.4 Å². The van der Waals surface area contributed by atoms with Gasteiger partial charge in [0.15, 0.2) is 0 Å². The highest BCUT2D eigenvalue weighted by atomic mass is 35.5. The van der Waals surface area contributed by atoms with Gasteiger partial charge in [-0.25, -0.2) is 0 Å². The van der Waals surface area contributed by atoms with Crippen LogP contribution in [0.2, 0.25) is 5.02 Å². The second-order valence-electron chi connectivity index (χ2n) is 8.08. The van der Waals surface area contributed by atoms with E-state index in [0.717, 1.165) is 25.7 Å². The third-order valence-corrected chi connectivity index (χ3v) is 6.32. The van der Waals surface area contributed by atoms with Crippen LogP contribution in [0.5, 0.6) is 0 Å². The number of morpholine rings is 1. The van der Waals surface area contributed by atoms with Gasteiger partial charge in [-0.15, -0.1) is 0 Å². The fourth-order valence-corrected chi connectivity index (χ4v) is 4.51. The highest BCUT2D eigenvalue weighted by Crippen LogP contribution is 2.31. The minimum atomic E-state index is -0.425. The van der Waals surface area contributed by atoms with Crippen molar-refractivity contribution in [1.82, 2.24) is 0 Å². The van der Waals surface area contributed by atoms with Crippen LogP contribution in [-0.4, -0.2) is 38.8 Å². The van der Waals surface area contributed by atoms with Crippen molar-refractivity contribution in [3.63, 3.8) is 0 Å². The number of amides is 1. The van der Waals surface area contributed by atoms with Crippen LogP contribution in [-0.2, 0) is 9.53 Å². The van der Waals surface area contributed by atoms with Gasteiger partial charge in [-0.1, -0.05) is 17.7 Å². The summed E-state index contributed by atoms with van der Waals surface area (Å²) < 4.78 is 5.32. The number of benzene rings is 1. The molecule has 2 aromatic rings. The van der Waals surface area contributed by atoms with Crippen molar-refractivity contribution in [1.29, 1.82) is 0 Å². The first-order valence-corrected chi connectivity index (χ1v) is 10.9. The molecule has 2 N–H and O–H groups in total. The van der Waals surface area contributed by atoms with Crippen molar-refractivity contribution in [2.45, 2.75) is 25.7 Å². The zero-order valence-corrected chi connectivity index (χ0v) is 17.5. The van der Waals surface area contributed by atoms with Gasteiger partial charge in [-0.2, -0.15) is 0 Å². The molecule has 0 aromatic heterocycles. The van der Waals surface area contributed by atoms with Crippen molar-refractivity contribution in [3.8, 4) is 0 Å². The molecule has 1 saturated carbocycles. The fraction of sp³-hybridized carbons (Fsp3) is 0.500. The third kappa shape index (κ3) is 4.52. The van der Waals surface area contributed by atoms with E-state index < -0.39 is 10.9 Å². The second kappa shape index (κ2) is 9.18. The Morgan fingerprint density at radius 2 is 1.83 bits per heavy atom. The molecular formula is C22H26ClN3O4. The SMILES string of the molecule is O=C(Nc1cccc(Cl)c1)C1CCC(CNc2c(N3CCOCC3)c(=O)c2=O)CC1. The molecule has 160 valence electrons. The van der Waals surface area contributed by atoms with E-state index in [1.165, 1.54) is 0 Å². The average molecular weight is 432 g/mol. The van der Waals surface area contributed by atoms with E-state index in [-0.39, 0.29) is 11.8 Å². The van der Waals surface area contributed by atoms with Gasteiger partial charge in [-0.3, -0.25) is 14.4 Å². The largest absolute Gasteiger partial charge is 0.380 e. The van der Waals surface area contributed by atoms with Crippen LogP contribution in [0.1, 0.15) is 25.7 Å². The normalized spacial score (nSPS) is 22.1. The number of hydrogen-bond acceptors (Lipinski definition) is 6. The van der Waals surface area contributed by atoms with Crippen molar-refractivity contribution in [2.24, 2.45) is 11.8 Å². The number of carbonyl (C=O) groups excluding carboxylic acids is 1. The van der Waals surface area contributed by atoms with E-state index in [1.54, 1.807) is 12.1 Å². The van der Waals surface area contributed by atoms with Crippen molar-refractivity contribution >= 4 is 34.6 Å². The molecular weight excluding hydrogens is 406 g/mol. The Hall–Kier alpha value is -2.38. The molecule has 8 heteroatoms. The molecule has 2 aliphatic rings. The average Bonchev–Trinajstić information content (AvgIpc) is 2.77. The van der Waals surface area contributed by atoms with Crippen LogP contribution >= 0.6 is 11.6 Å². The number of rotatable bonds is 6. The lowest BCUT2D eigenvalue weighted by atomic mass is 9.81. The van der Waals surface area contributed by atoms with Crippen molar-refractivity contribution in [3.05, 3.63) is 49.7 Å². The molecule has 0 radical (unpaired) electrons. The van der Waals surface area contributed by atoms with Crippen LogP contribution in [0.4, 0.5) is 17.1 Å². The molecule has 4 rings (SSSR count). The lowest BCUT2D eigenvalue weighted by Gasteiger charge is -2.32. The van der Waals surface area contributed by atoms with Crippen molar-refractivity contribution < 1.29 is 9.53 Å². The number of ether oxygens (including phenoxy) is 1. The fourth-order valence-electron chi connectivity index (χ4n) is 4.32. The predicted octanol–water partition coefficient (Wildman–Crippen LogP) is 2.63. The maximum Gasteiger partial charge on any atom is 0.253 e. The monoisotopic (exact) mass is 431 g/mol. The van der Waals surface area contributed by atoms with Gasteiger partial charge in [0.05, 0.1) is 13.2 Å². The predicted molar refractivity (Wildman–Crippen MR) is 118 cm³/mol. The summed E-state index contributed by atoms with van der Waals surface area (Å²) in [4.78, 5) is 38.5. The molecule has 0 spiro atoms. The van der Waals surface area contributed by atoms with Crippen LogP contribution in [0.25, 0.3) is 0 Å². The summed E-state index contributed by atoms with van der Waals surface area (Å²) in [5.74, 6) is 0.387. The Balaban J connectivity index is 1.27. The number of halogens is 1. The van der Waals surface area contributed by atoms with Gasteiger partial charge in [-0.05, 0) is 49.8 Å². The summed E-state index contributed by atoms with van der Waals surface area (Å²) in [6, 6.07) is 7.16. The lowest BCUT2D eigenvalue weighted by Crippen LogP contribution is -2.47. The summed E-state index contributed by atoms with van der Waals surface area (Å²) >= 11 is 5.97. The van der Waals surface area contributed by atoms with Gasteiger partial charge in [0, 0.05) is 36.3 Å². The number of nitrogens with zero attached hydrogens (tertiary/aromatic N) is 1. The van der Waals surface area contributed by atoms with E-state index in [1.807, 2.05) is 17.0 Å². The zero-order chi connectivity index (χ0) is 21.1. The maximum atomic E-state index is 12.5. The molecule has 1 aliphatic heterocycles. The molecule has 0 atom stereocenters. The Morgan fingerprint density at radius 3 is 2.53 bits per heavy atom. The topological polar surface area (TPSA) is 87.7 Å². The van der Waals surface area contributed by atoms with Gasteiger partial charge < -0.3 is 20.3 Å². The highest BCUT2D eigenvalue weighted by molar-refractivity contribution is 6.30. The Kier molecular flexibility index (Phi) is 6.39. The second-order valence-corrected chi connectivity index (χ2v) is 8.52. The first-order valence-electron chi connectivity index (χ1n) is 10.5. The molecule has 30 heavy (non-hydrogen) atoms. The van der Waals surface area contributed by atoms with Crippen LogP contribution in [0.3, 0.4) is 0 Å². The first kappa shape index (κ1) is 20.9. The molecule has 7 nitrogen and oxygen atoms in total.